The minimum absolute atomic E-state index is 0.117. The van der Waals surface area contributed by atoms with E-state index in [0.717, 1.165) is 0 Å². The van der Waals surface area contributed by atoms with Crippen LogP contribution in [0.5, 0.6) is 0 Å². The summed E-state index contributed by atoms with van der Waals surface area (Å²) in [6.07, 6.45) is 1.95. The zero-order valence-corrected chi connectivity index (χ0v) is 28.5. The lowest BCUT2D eigenvalue weighted by Crippen LogP contribution is -2.36. The Bertz CT molecular complexity index is 1400. The lowest BCUT2D eigenvalue weighted by atomic mass is 10.2. The van der Waals surface area contributed by atoms with Crippen LogP contribution in [0.15, 0.2) is 9.98 Å². The standard InChI is InChI=1S/C29H45N10O5P/c1-20(2)39(21(3)4)45(42-15-11-13-30)44-23-16-25(43-24(23)17-40)38-28-26(22(35-38)12-10-14-41-9)27(31-18-36(5)6)33-29(34-28)32-19-37(7)8/h18-21,23-25,40H,11,14-17H2,1-9H3. The molecule has 0 aliphatic carbocycles. The summed E-state index contributed by atoms with van der Waals surface area (Å²) in [6, 6.07) is 2.35. The monoisotopic (exact) mass is 644 g/mol. The SMILES string of the molecule is COCC#Cc1nn(C2CC(OP(OCCC#N)N(C(C)C)C(C)C)C(CO)O2)c2nc(N=CN(C)C)nc(N=CN(C)C)c12. The molecule has 45 heavy (non-hydrogen) atoms. The van der Waals surface area contributed by atoms with Gasteiger partial charge in [0.15, 0.2) is 17.7 Å². The molecule has 246 valence electrons. The summed E-state index contributed by atoms with van der Waals surface area (Å²) >= 11 is 0. The van der Waals surface area contributed by atoms with Crippen LogP contribution >= 0.6 is 8.53 Å². The molecule has 1 N–H and O–H groups in total. The van der Waals surface area contributed by atoms with Gasteiger partial charge in [-0.15, -0.1) is 0 Å². The van der Waals surface area contributed by atoms with Crippen molar-refractivity contribution in [2.45, 2.75) is 71.1 Å². The van der Waals surface area contributed by atoms with E-state index in [1.54, 1.807) is 34.3 Å². The highest BCUT2D eigenvalue weighted by Crippen LogP contribution is 2.50. The van der Waals surface area contributed by atoms with Gasteiger partial charge >= 0.3 is 0 Å². The van der Waals surface area contributed by atoms with Gasteiger partial charge in [-0.2, -0.15) is 20.3 Å². The van der Waals surface area contributed by atoms with Crippen molar-refractivity contribution >= 4 is 44.0 Å². The number of hydrogen-bond acceptors (Lipinski definition) is 12. The van der Waals surface area contributed by atoms with E-state index in [9.17, 15) is 5.11 Å². The van der Waals surface area contributed by atoms with Gasteiger partial charge in [0.25, 0.3) is 14.5 Å². The van der Waals surface area contributed by atoms with Crippen molar-refractivity contribution in [1.29, 1.82) is 5.26 Å². The van der Waals surface area contributed by atoms with E-state index in [2.05, 4.69) is 65.2 Å². The number of rotatable bonds is 15. The molecule has 15 nitrogen and oxygen atoms in total. The van der Waals surface area contributed by atoms with Crippen LogP contribution in [0.1, 0.15) is 52.5 Å². The number of methoxy groups -OCH3 is 1. The highest BCUT2D eigenvalue weighted by Gasteiger charge is 2.42. The van der Waals surface area contributed by atoms with Crippen LogP contribution in [0.2, 0.25) is 0 Å². The van der Waals surface area contributed by atoms with E-state index in [-0.39, 0.29) is 44.3 Å². The molecule has 0 aromatic carbocycles. The Morgan fingerprint density at radius 2 is 1.82 bits per heavy atom. The molecule has 3 heterocycles. The molecule has 2 aromatic heterocycles. The van der Waals surface area contributed by atoms with Gasteiger partial charge in [-0.05, 0) is 33.6 Å². The van der Waals surface area contributed by atoms with Crippen LogP contribution in [-0.2, 0) is 18.5 Å². The second-order valence-electron chi connectivity index (χ2n) is 11.2. The minimum atomic E-state index is -1.57. The second kappa shape index (κ2) is 17.4. The summed E-state index contributed by atoms with van der Waals surface area (Å²) in [5, 5.41) is 24.8. The summed E-state index contributed by atoms with van der Waals surface area (Å²) in [5.41, 5.74) is 0.821. The van der Waals surface area contributed by atoms with E-state index < -0.39 is 27.0 Å². The number of fused-ring (bicyclic) bond motifs is 1. The molecule has 1 aliphatic rings. The number of nitriles is 1. The fourth-order valence-electron chi connectivity index (χ4n) is 4.51. The normalized spacial score (nSPS) is 19.2. The quantitative estimate of drug-likeness (QED) is 0.0994. The Morgan fingerprint density at radius 1 is 1.13 bits per heavy atom. The average molecular weight is 645 g/mol. The van der Waals surface area contributed by atoms with Crippen molar-refractivity contribution in [1.82, 2.24) is 34.2 Å². The first-order valence-electron chi connectivity index (χ1n) is 14.7. The minimum Gasteiger partial charge on any atom is -0.394 e. The van der Waals surface area contributed by atoms with Gasteiger partial charge in [0.1, 0.15) is 23.8 Å². The first kappa shape index (κ1) is 36.2. The predicted octanol–water partition coefficient (Wildman–Crippen LogP) is 3.21. The molecular weight excluding hydrogens is 599 g/mol. The fraction of sp³-hybridized carbons (Fsp3) is 0.655. The number of ether oxygens (including phenoxy) is 2. The smallest absolute Gasteiger partial charge is 0.259 e. The number of hydrogen-bond donors (Lipinski definition) is 1. The van der Waals surface area contributed by atoms with Crippen LogP contribution in [-0.4, -0.2) is 131 Å². The van der Waals surface area contributed by atoms with E-state index in [4.69, 9.17) is 33.9 Å². The van der Waals surface area contributed by atoms with Crippen LogP contribution in [0.25, 0.3) is 11.0 Å². The molecule has 2 aromatic rings. The molecule has 0 bridgehead atoms. The van der Waals surface area contributed by atoms with Gasteiger partial charge in [0.05, 0.1) is 44.5 Å². The van der Waals surface area contributed by atoms with Gasteiger partial charge in [0.2, 0.25) is 0 Å². The van der Waals surface area contributed by atoms with E-state index in [1.165, 1.54) is 0 Å². The first-order valence-corrected chi connectivity index (χ1v) is 15.8. The van der Waals surface area contributed by atoms with Gasteiger partial charge in [-0.3, -0.25) is 0 Å². The molecule has 16 heteroatoms. The maximum absolute atomic E-state index is 10.3. The highest BCUT2D eigenvalue weighted by molar-refractivity contribution is 7.44. The summed E-state index contributed by atoms with van der Waals surface area (Å²) in [5.74, 6) is 6.54. The van der Waals surface area contributed by atoms with Gasteiger partial charge in [-0.25, -0.2) is 19.3 Å². The third-order valence-corrected chi connectivity index (χ3v) is 8.44. The molecule has 3 rings (SSSR count). The Labute approximate surface area is 266 Å². The van der Waals surface area contributed by atoms with Crippen molar-refractivity contribution < 1.29 is 23.6 Å². The topological polar surface area (TPSA) is 159 Å². The Balaban J connectivity index is 2.11. The van der Waals surface area contributed by atoms with Crippen LogP contribution in [0.3, 0.4) is 0 Å². The molecule has 0 saturated carbocycles. The third-order valence-electron chi connectivity index (χ3n) is 6.28. The number of aliphatic hydroxyl groups is 1. The van der Waals surface area contributed by atoms with E-state index >= 15 is 0 Å². The summed E-state index contributed by atoms with van der Waals surface area (Å²) in [7, 11) is 7.41. The number of aromatic nitrogens is 4. The molecule has 4 atom stereocenters. The summed E-state index contributed by atoms with van der Waals surface area (Å²) in [6.45, 7) is 8.43. The zero-order chi connectivity index (χ0) is 33.1. The molecule has 0 amide bonds. The largest absolute Gasteiger partial charge is 0.394 e. The first-order chi connectivity index (χ1) is 21.5. The molecule has 1 aliphatic heterocycles. The van der Waals surface area contributed by atoms with Gasteiger partial charge in [0, 0.05) is 53.8 Å². The maximum atomic E-state index is 10.3. The Morgan fingerprint density at radius 3 is 2.42 bits per heavy atom. The Hall–Kier alpha value is -3.27. The lowest BCUT2D eigenvalue weighted by Gasteiger charge is -2.37. The number of aliphatic hydroxyl groups excluding tert-OH is 1. The lowest BCUT2D eigenvalue weighted by molar-refractivity contribution is -0.0451. The van der Waals surface area contributed by atoms with Crippen LogP contribution < -0.4 is 0 Å². The van der Waals surface area contributed by atoms with Crippen molar-refractivity contribution in [2.24, 2.45) is 9.98 Å². The van der Waals surface area contributed by atoms with Gasteiger partial charge in [-0.1, -0.05) is 5.92 Å². The maximum Gasteiger partial charge on any atom is 0.259 e. The molecular formula is C29H45N10O5P. The van der Waals surface area contributed by atoms with E-state index in [0.29, 0.717) is 29.0 Å². The van der Waals surface area contributed by atoms with Crippen molar-refractivity contribution in [3.05, 3.63) is 5.69 Å². The summed E-state index contributed by atoms with van der Waals surface area (Å²) in [4.78, 5) is 21.9. The molecule has 4 unspecified atom stereocenters. The van der Waals surface area contributed by atoms with Crippen LogP contribution in [0, 0.1) is 23.2 Å². The Kier molecular flexibility index (Phi) is 14.0. The fourth-order valence-corrected chi connectivity index (χ4v) is 6.27. The van der Waals surface area contributed by atoms with Crippen molar-refractivity contribution in [3.63, 3.8) is 0 Å². The molecule has 1 saturated heterocycles. The molecule has 0 radical (unpaired) electrons. The average Bonchev–Trinajstić information content (AvgIpc) is 3.55. The molecule has 1 fully saturated rings. The zero-order valence-electron chi connectivity index (χ0n) is 27.6. The van der Waals surface area contributed by atoms with Crippen molar-refractivity contribution in [3.8, 4) is 17.9 Å². The number of aliphatic imine (C=N–C) groups is 2. The van der Waals surface area contributed by atoms with Gasteiger partial charge < -0.3 is 33.4 Å². The molecule has 0 spiro atoms. The third kappa shape index (κ3) is 9.86. The van der Waals surface area contributed by atoms with E-state index in [1.807, 2.05) is 28.2 Å². The van der Waals surface area contributed by atoms with Crippen molar-refractivity contribution in [2.75, 3.05) is 55.1 Å². The summed E-state index contributed by atoms with van der Waals surface area (Å²) < 4.78 is 27.9. The number of nitrogens with zero attached hydrogens (tertiary/aromatic N) is 10. The van der Waals surface area contributed by atoms with Crippen LogP contribution in [0.4, 0.5) is 11.8 Å². The predicted molar refractivity (Wildman–Crippen MR) is 173 cm³/mol. The second-order valence-corrected chi connectivity index (χ2v) is 12.6. The highest BCUT2D eigenvalue weighted by atomic mass is 31.2.